The van der Waals surface area contributed by atoms with Crippen LogP contribution in [0.4, 0.5) is 0 Å². The van der Waals surface area contributed by atoms with Crippen LogP contribution < -0.4 is 4.72 Å². The van der Waals surface area contributed by atoms with Crippen molar-refractivity contribution in [3.63, 3.8) is 0 Å². The molecule has 0 bridgehead atoms. The monoisotopic (exact) mass is 237 g/mol. The van der Waals surface area contributed by atoms with Gasteiger partial charge in [0.05, 0.1) is 17.9 Å². The highest BCUT2D eigenvalue weighted by molar-refractivity contribution is 7.89. The number of aliphatic hydroxyl groups is 1. The zero-order valence-electron chi connectivity index (χ0n) is 9.03. The molecule has 0 radical (unpaired) electrons. The van der Waals surface area contributed by atoms with Crippen molar-refractivity contribution in [2.24, 2.45) is 0 Å². The number of ether oxygens (including phenoxy) is 1. The van der Waals surface area contributed by atoms with Gasteiger partial charge in [0.1, 0.15) is 0 Å². The van der Waals surface area contributed by atoms with Gasteiger partial charge in [-0.2, -0.15) is 0 Å². The third kappa shape index (κ3) is 4.46. The van der Waals surface area contributed by atoms with Gasteiger partial charge in [-0.15, -0.1) is 0 Å². The molecule has 0 amide bonds. The molecule has 0 saturated carbocycles. The molecule has 0 spiro atoms. The molecule has 15 heavy (non-hydrogen) atoms. The van der Waals surface area contributed by atoms with Crippen molar-refractivity contribution in [3.8, 4) is 0 Å². The molecular formula is C9H19NO4S. The van der Waals surface area contributed by atoms with Gasteiger partial charge in [0.15, 0.2) is 0 Å². The van der Waals surface area contributed by atoms with Gasteiger partial charge in [-0.3, -0.25) is 0 Å². The number of sulfonamides is 1. The van der Waals surface area contributed by atoms with Crippen molar-refractivity contribution in [3.05, 3.63) is 0 Å². The molecule has 1 aliphatic heterocycles. The highest BCUT2D eigenvalue weighted by Gasteiger charge is 2.31. The van der Waals surface area contributed by atoms with Crippen LogP contribution in [0.15, 0.2) is 0 Å². The van der Waals surface area contributed by atoms with Gasteiger partial charge in [-0.25, -0.2) is 13.1 Å². The fourth-order valence-electron chi connectivity index (χ4n) is 1.70. The summed E-state index contributed by atoms with van der Waals surface area (Å²) in [6, 6.07) is 0. The summed E-state index contributed by atoms with van der Waals surface area (Å²) in [7, 11) is -3.29. The maximum atomic E-state index is 11.6. The number of rotatable bonds is 5. The molecule has 0 aromatic heterocycles. The van der Waals surface area contributed by atoms with Crippen LogP contribution in [0.5, 0.6) is 0 Å². The van der Waals surface area contributed by atoms with Crippen LogP contribution in [0.2, 0.25) is 0 Å². The predicted octanol–water partition coefficient (Wildman–Crippen LogP) is -0.143. The molecular weight excluding hydrogens is 218 g/mol. The SMILES string of the molecule is CC1(NS(=O)(=O)CCCO)CCCOC1. The van der Waals surface area contributed by atoms with Crippen LogP contribution in [0, 0.1) is 0 Å². The highest BCUT2D eigenvalue weighted by Crippen LogP contribution is 2.19. The molecule has 1 unspecified atom stereocenters. The second-order valence-corrected chi connectivity index (χ2v) is 6.06. The summed E-state index contributed by atoms with van der Waals surface area (Å²) in [5.74, 6) is -0.0287. The third-order valence-corrected chi connectivity index (χ3v) is 4.04. The van der Waals surface area contributed by atoms with Gasteiger partial charge in [0, 0.05) is 13.2 Å². The van der Waals surface area contributed by atoms with E-state index >= 15 is 0 Å². The zero-order chi connectivity index (χ0) is 11.4. The van der Waals surface area contributed by atoms with Crippen molar-refractivity contribution in [2.75, 3.05) is 25.6 Å². The quantitative estimate of drug-likeness (QED) is 0.697. The van der Waals surface area contributed by atoms with E-state index in [0.717, 1.165) is 12.8 Å². The normalized spacial score (nSPS) is 27.9. The first-order valence-electron chi connectivity index (χ1n) is 5.18. The summed E-state index contributed by atoms with van der Waals surface area (Å²) >= 11 is 0. The summed E-state index contributed by atoms with van der Waals surface area (Å²) in [5.41, 5.74) is -0.480. The zero-order valence-corrected chi connectivity index (χ0v) is 9.85. The van der Waals surface area contributed by atoms with Crippen molar-refractivity contribution in [1.82, 2.24) is 4.72 Å². The van der Waals surface area contributed by atoms with Crippen molar-refractivity contribution >= 4 is 10.0 Å². The van der Waals surface area contributed by atoms with Gasteiger partial charge in [-0.1, -0.05) is 0 Å². The summed E-state index contributed by atoms with van der Waals surface area (Å²) in [5, 5.41) is 8.58. The molecule has 1 aliphatic rings. The average Bonchev–Trinajstić information content (AvgIpc) is 2.14. The van der Waals surface area contributed by atoms with E-state index in [0.29, 0.717) is 13.2 Å². The van der Waals surface area contributed by atoms with Crippen LogP contribution in [-0.2, 0) is 14.8 Å². The molecule has 0 aliphatic carbocycles. The minimum absolute atomic E-state index is 0.0287. The van der Waals surface area contributed by atoms with Crippen LogP contribution in [0.1, 0.15) is 26.2 Å². The molecule has 0 aromatic carbocycles. The number of hydrogen-bond donors (Lipinski definition) is 2. The Balaban J connectivity index is 2.51. The lowest BCUT2D eigenvalue weighted by atomic mass is 9.97. The lowest BCUT2D eigenvalue weighted by molar-refractivity contribution is 0.0386. The summed E-state index contributed by atoms with van der Waals surface area (Å²) in [4.78, 5) is 0. The lowest BCUT2D eigenvalue weighted by Crippen LogP contribution is -2.52. The Hall–Kier alpha value is -0.170. The number of hydrogen-bond acceptors (Lipinski definition) is 4. The predicted molar refractivity (Wildman–Crippen MR) is 57.1 cm³/mol. The smallest absolute Gasteiger partial charge is 0.212 e. The van der Waals surface area contributed by atoms with Gasteiger partial charge >= 0.3 is 0 Å². The van der Waals surface area contributed by atoms with E-state index in [-0.39, 0.29) is 18.8 Å². The largest absolute Gasteiger partial charge is 0.396 e. The van der Waals surface area contributed by atoms with Crippen molar-refractivity contribution in [1.29, 1.82) is 0 Å². The van der Waals surface area contributed by atoms with Gasteiger partial charge in [0.2, 0.25) is 10.0 Å². The fraction of sp³-hybridized carbons (Fsp3) is 1.00. The summed E-state index contributed by atoms with van der Waals surface area (Å²) < 4.78 is 31.1. The van der Waals surface area contributed by atoms with E-state index in [1.54, 1.807) is 0 Å². The molecule has 5 nitrogen and oxygen atoms in total. The van der Waals surface area contributed by atoms with E-state index in [1.807, 2.05) is 6.92 Å². The fourth-order valence-corrected chi connectivity index (χ4v) is 3.22. The van der Waals surface area contributed by atoms with E-state index in [1.165, 1.54) is 0 Å². The highest BCUT2D eigenvalue weighted by atomic mass is 32.2. The average molecular weight is 237 g/mol. The maximum Gasteiger partial charge on any atom is 0.212 e. The minimum atomic E-state index is -3.29. The molecule has 0 aromatic rings. The molecule has 1 heterocycles. The third-order valence-electron chi connectivity index (χ3n) is 2.41. The Morgan fingerprint density at radius 3 is 2.80 bits per heavy atom. The van der Waals surface area contributed by atoms with E-state index < -0.39 is 15.6 Å². The van der Waals surface area contributed by atoms with Gasteiger partial charge in [-0.05, 0) is 26.2 Å². The molecule has 6 heteroatoms. The van der Waals surface area contributed by atoms with E-state index in [4.69, 9.17) is 9.84 Å². The Morgan fingerprint density at radius 1 is 1.53 bits per heavy atom. The lowest BCUT2D eigenvalue weighted by Gasteiger charge is -2.33. The Labute approximate surface area is 90.9 Å². The molecule has 1 saturated heterocycles. The standard InChI is InChI=1S/C9H19NO4S/c1-9(4-2-6-14-8-9)10-15(12,13)7-3-5-11/h10-11H,2-8H2,1H3. The topological polar surface area (TPSA) is 75.6 Å². The van der Waals surface area contributed by atoms with Crippen LogP contribution >= 0.6 is 0 Å². The maximum absolute atomic E-state index is 11.6. The molecule has 2 N–H and O–H groups in total. The van der Waals surface area contributed by atoms with Gasteiger partial charge in [0.25, 0.3) is 0 Å². The van der Waals surface area contributed by atoms with E-state index in [2.05, 4.69) is 4.72 Å². The van der Waals surface area contributed by atoms with E-state index in [9.17, 15) is 8.42 Å². The molecule has 1 fully saturated rings. The van der Waals surface area contributed by atoms with Crippen LogP contribution in [-0.4, -0.2) is 44.6 Å². The number of nitrogens with one attached hydrogen (secondary N) is 1. The van der Waals surface area contributed by atoms with Gasteiger partial charge < -0.3 is 9.84 Å². The molecule has 1 rings (SSSR count). The first kappa shape index (κ1) is 12.9. The summed E-state index contributed by atoms with van der Waals surface area (Å²) in [6.07, 6.45) is 1.94. The number of aliphatic hydroxyl groups excluding tert-OH is 1. The van der Waals surface area contributed by atoms with Crippen LogP contribution in [0.25, 0.3) is 0 Å². The van der Waals surface area contributed by atoms with Crippen LogP contribution in [0.3, 0.4) is 0 Å². The Kier molecular flexibility index (Phi) is 4.51. The summed E-state index contributed by atoms with van der Waals surface area (Å²) in [6.45, 7) is 2.87. The Morgan fingerprint density at radius 2 is 2.27 bits per heavy atom. The molecule has 90 valence electrons. The molecule has 1 atom stereocenters. The first-order chi connectivity index (χ1) is 6.97. The first-order valence-corrected chi connectivity index (χ1v) is 6.83. The van der Waals surface area contributed by atoms with Crippen molar-refractivity contribution in [2.45, 2.75) is 31.7 Å². The minimum Gasteiger partial charge on any atom is -0.396 e. The Bertz CT molecular complexity index is 282. The second kappa shape index (κ2) is 5.25. The van der Waals surface area contributed by atoms with Crippen molar-refractivity contribution < 1.29 is 18.3 Å². The second-order valence-electron chi connectivity index (χ2n) is 4.21.